The van der Waals surface area contributed by atoms with E-state index < -0.39 is 70.6 Å². The van der Waals surface area contributed by atoms with Gasteiger partial charge in [0, 0.05) is 12.2 Å². The highest BCUT2D eigenvalue weighted by Crippen LogP contribution is 2.54. The third-order valence-electron chi connectivity index (χ3n) is 7.21. The van der Waals surface area contributed by atoms with Crippen LogP contribution >= 0.6 is 15.4 Å². The van der Waals surface area contributed by atoms with E-state index in [-0.39, 0.29) is 29.4 Å². The minimum atomic E-state index is -4.87. The van der Waals surface area contributed by atoms with Crippen LogP contribution in [-0.2, 0) is 32.2 Å². The molecule has 3 aliphatic rings. The number of alkyl halides is 1. The van der Waals surface area contributed by atoms with Gasteiger partial charge in [-0.25, -0.2) is 28.9 Å². The van der Waals surface area contributed by atoms with E-state index in [4.69, 9.17) is 34.5 Å². The van der Waals surface area contributed by atoms with Gasteiger partial charge in [0.1, 0.15) is 42.5 Å². The number of nitrogen functional groups attached to an aromatic ring is 2. The van der Waals surface area contributed by atoms with Crippen LogP contribution in [0.15, 0.2) is 35.7 Å². The zero-order valence-corrected chi connectivity index (χ0v) is 23.8. The van der Waals surface area contributed by atoms with Crippen LogP contribution in [0.1, 0.15) is 18.9 Å². The van der Waals surface area contributed by atoms with E-state index in [2.05, 4.69) is 29.9 Å². The van der Waals surface area contributed by atoms with E-state index in [9.17, 15) is 23.7 Å². The molecule has 2 unspecified atom stereocenters. The normalized spacial score (nSPS) is 36.9. The van der Waals surface area contributed by atoms with Gasteiger partial charge < -0.3 is 30.7 Å². The predicted molar refractivity (Wildman–Crippen MR) is 144 cm³/mol. The van der Waals surface area contributed by atoms with Crippen molar-refractivity contribution in [1.82, 2.24) is 39.0 Å². The van der Waals surface area contributed by atoms with Gasteiger partial charge in [-0.3, -0.25) is 37.0 Å². The molecule has 4 aromatic heterocycles. The lowest BCUT2D eigenvalue weighted by Gasteiger charge is -2.25. The number of hydrogen-bond donors (Lipinski definition) is 5. The number of ether oxygens (including phenoxy) is 2. The highest BCUT2D eigenvalue weighted by Gasteiger charge is 2.51. The first-order valence-electron chi connectivity index (χ1n) is 12.9. The van der Waals surface area contributed by atoms with Gasteiger partial charge in [-0.1, -0.05) is 0 Å². The predicted octanol–water partition coefficient (Wildman–Crippen LogP) is 0.247. The second-order valence-electron chi connectivity index (χ2n) is 10.0. The number of halogens is 1. The lowest BCUT2D eigenvalue weighted by molar-refractivity contribution is -0.0475. The van der Waals surface area contributed by atoms with E-state index in [0.717, 1.165) is 22.8 Å². The molecule has 0 spiro atoms. The summed E-state index contributed by atoms with van der Waals surface area (Å²) in [6.07, 6.45) is -5.56. The molecule has 9 atom stereocenters. The maximum Gasteiger partial charge on any atom is 0.472 e. The van der Waals surface area contributed by atoms with Crippen molar-refractivity contribution in [1.29, 1.82) is 0 Å². The second kappa shape index (κ2) is 10.5. The van der Waals surface area contributed by atoms with Gasteiger partial charge in [0.2, 0.25) is 5.95 Å². The summed E-state index contributed by atoms with van der Waals surface area (Å²) >= 11 is 0. The third kappa shape index (κ3) is 5.11. The Morgan fingerprint density at radius 1 is 1.00 bits per heavy atom. The fraction of sp³-hybridized carbons (Fsp3) is 0.429. The lowest BCUT2D eigenvalue weighted by Crippen LogP contribution is -2.34. The molecule has 0 aromatic carbocycles. The quantitative estimate of drug-likeness (QED) is 0.181. The highest BCUT2D eigenvalue weighted by molar-refractivity contribution is 7.56. The van der Waals surface area contributed by atoms with E-state index in [1.54, 1.807) is 0 Å². The molecule has 0 bridgehead atoms. The van der Waals surface area contributed by atoms with Gasteiger partial charge in [-0.05, 0) is 6.08 Å². The minimum absolute atomic E-state index is 0.0466. The number of rotatable bonds is 2. The maximum absolute atomic E-state index is 15.9. The van der Waals surface area contributed by atoms with Gasteiger partial charge >= 0.3 is 15.4 Å². The van der Waals surface area contributed by atoms with Crippen molar-refractivity contribution >= 4 is 49.5 Å². The standard InChI is InChI=1S/C21H23FN10O10P2/c22-12-15-10(40-20(12)32-7-28-14-18(32)29-21(24)30-19(14)33)4-38-44(36,37)41-9-3-11(39-8(9)1-2-43(34,35)42-15)31-6-27-13-16(23)25-5-26-17(13)31/h1-2,5-12,15,20H,3-4H2,(H,34,35)(H,36,37)(H2,23,25,26)(H3,24,29,30,33)/b2-1-/t8-,9+,10-,11-,12-,15-,20-/m1/s1. The summed E-state index contributed by atoms with van der Waals surface area (Å²) in [6, 6.07) is 0. The van der Waals surface area contributed by atoms with E-state index >= 15 is 4.39 Å². The summed E-state index contributed by atoms with van der Waals surface area (Å²) in [5.74, 6) is 0.608. The first kappa shape index (κ1) is 29.1. The molecule has 2 saturated heterocycles. The lowest BCUT2D eigenvalue weighted by atomic mass is 10.1. The average Bonchev–Trinajstić information content (AvgIpc) is 3.72. The second-order valence-corrected chi connectivity index (χ2v) is 13.1. The van der Waals surface area contributed by atoms with Crippen LogP contribution < -0.4 is 17.0 Å². The fourth-order valence-electron chi connectivity index (χ4n) is 5.27. The number of nitrogens with one attached hydrogen (secondary N) is 1. The molecule has 0 radical (unpaired) electrons. The Morgan fingerprint density at radius 2 is 1.77 bits per heavy atom. The smallest absolute Gasteiger partial charge is 0.382 e. The Bertz CT molecular complexity index is 1950. The van der Waals surface area contributed by atoms with Crippen molar-refractivity contribution in [3.63, 3.8) is 0 Å². The van der Waals surface area contributed by atoms with Crippen LogP contribution in [0.25, 0.3) is 22.3 Å². The molecular formula is C21H23FN10O10P2. The molecule has 7 heterocycles. The molecule has 3 aliphatic heterocycles. The van der Waals surface area contributed by atoms with E-state index in [1.807, 2.05) is 0 Å². The molecule has 2 fully saturated rings. The van der Waals surface area contributed by atoms with Crippen molar-refractivity contribution in [3.05, 3.63) is 41.2 Å². The monoisotopic (exact) mass is 656 g/mol. The topological polar surface area (TPSA) is 280 Å². The van der Waals surface area contributed by atoms with Gasteiger partial charge in [0.25, 0.3) is 5.56 Å². The Labute approximate surface area is 243 Å². The Morgan fingerprint density at radius 3 is 2.59 bits per heavy atom. The molecule has 0 aliphatic carbocycles. The van der Waals surface area contributed by atoms with Gasteiger partial charge in [0.15, 0.2) is 35.0 Å². The van der Waals surface area contributed by atoms with Crippen molar-refractivity contribution in [2.75, 3.05) is 18.1 Å². The first-order chi connectivity index (χ1) is 20.9. The number of nitrogens with two attached hydrogens (primary N) is 2. The molecule has 44 heavy (non-hydrogen) atoms. The zero-order valence-electron chi connectivity index (χ0n) is 22.1. The highest BCUT2D eigenvalue weighted by atomic mass is 31.2. The summed E-state index contributed by atoms with van der Waals surface area (Å²) in [5.41, 5.74) is 11.1. The Hall–Kier alpha value is -3.65. The number of aromatic amines is 1. The molecular weight excluding hydrogens is 633 g/mol. The van der Waals surface area contributed by atoms with Crippen LogP contribution in [0.2, 0.25) is 0 Å². The number of imidazole rings is 2. The van der Waals surface area contributed by atoms with E-state index in [0.29, 0.717) is 11.2 Å². The largest absolute Gasteiger partial charge is 0.472 e. The number of phosphoric acid groups is 1. The van der Waals surface area contributed by atoms with Crippen LogP contribution in [-0.4, -0.2) is 86.0 Å². The number of aromatic nitrogens is 8. The minimum Gasteiger partial charge on any atom is -0.382 e. The summed E-state index contributed by atoms with van der Waals surface area (Å²) in [5, 5.41) is 0. The van der Waals surface area contributed by atoms with Gasteiger partial charge in [0.05, 0.1) is 19.3 Å². The van der Waals surface area contributed by atoms with Gasteiger partial charge in [-0.2, -0.15) is 4.98 Å². The van der Waals surface area contributed by atoms with Crippen molar-refractivity contribution in [3.8, 4) is 0 Å². The number of nitrogens with zero attached hydrogens (tertiary/aromatic N) is 7. The molecule has 7 N–H and O–H groups in total. The summed E-state index contributed by atoms with van der Waals surface area (Å²) in [4.78, 5) is 55.8. The molecule has 234 valence electrons. The van der Waals surface area contributed by atoms with Crippen LogP contribution in [0.3, 0.4) is 0 Å². The molecule has 0 amide bonds. The van der Waals surface area contributed by atoms with Crippen LogP contribution in [0.4, 0.5) is 16.2 Å². The first-order valence-corrected chi connectivity index (χ1v) is 16.0. The Kier molecular flexibility index (Phi) is 6.92. The number of H-pyrrole nitrogens is 1. The van der Waals surface area contributed by atoms with Crippen LogP contribution in [0.5, 0.6) is 0 Å². The third-order valence-corrected chi connectivity index (χ3v) is 9.32. The fourth-order valence-corrected chi connectivity index (χ4v) is 7.27. The average molecular weight is 656 g/mol. The van der Waals surface area contributed by atoms with Gasteiger partial charge in [-0.15, -0.1) is 0 Å². The number of hydrogen-bond acceptors (Lipinski definition) is 15. The molecule has 20 nitrogen and oxygen atoms in total. The summed E-state index contributed by atoms with van der Waals surface area (Å²) in [7, 11) is -9.58. The molecule has 7 rings (SSSR count). The van der Waals surface area contributed by atoms with Crippen molar-refractivity contribution in [2.24, 2.45) is 0 Å². The summed E-state index contributed by atoms with van der Waals surface area (Å²) in [6.45, 7) is -0.800. The maximum atomic E-state index is 15.9. The molecule has 4 aromatic rings. The van der Waals surface area contributed by atoms with Crippen molar-refractivity contribution < 1.29 is 46.4 Å². The van der Waals surface area contributed by atoms with E-state index in [1.165, 1.54) is 17.2 Å². The summed E-state index contributed by atoms with van der Waals surface area (Å²) < 4.78 is 72.1. The number of anilines is 2. The molecule has 0 saturated carbocycles. The number of fused-ring (bicyclic) bond motifs is 4. The van der Waals surface area contributed by atoms with Crippen LogP contribution in [0, 0.1) is 0 Å². The SMILES string of the molecule is Nc1nc2c(ncn2[C@@H]2O[C@@H]3COP(=O)(O)O[C@H]4C[C@H](n5cnc6c(N)ncnc65)O[C@@H]4/C=C\P(=O)(O)O[C@H]3[C@H]2F)c(=O)[nH]1. The van der Waals surface area contributed by atoms with Crippen molar-refractivity contribution in [2.45, 2.75) is 49.5 Å². The molecule has 23 heteroatoms. The number of phosphoric ester groups is 1. The Balaban J connectivity index is 1.18. The zero-order chi connectivity index (χ0) is 31.0.